The molecule has 1 aliphatic rings. The van der Waals surface area contributed by atoms with Crippen molar-refractivity contribution in [3.63, 3.8) is 0 Å². The molecule has 0 saturated heterocycles. The summed E-state index contributed by atoms with van der Waals surface area (Å²) in [7, 11) is 0. The van der Waals surface area contributed by atoms with Gasteiger partial charge in [-0.05, 0) is 40.4 Å². The lowest BCUT2D eigenvalue weighted by Crippen LogP contribution is -2.19. The molecule has 0 amide bonds. The summed E-state index contributed by atoms with van der Waals surface area (Å²) in [5, 5.41) is 0. The molecular formula is C14H10BrClOS. The highest BCUT2D eigenvalue weighted by Crippen LogP contribution is 2.51. The molecule has 0 N–H and O–H groups in total. The molecule has 0 atom stereocenters. The van der Waals surface area contributed by atoms with Gasteiger partial charge in [-0.2, -0.15) is 0 Å². The molecule has 1 heterocycles. The molecule has 1 aromatic carbocycles. The summed E-state index contributed by atoms with van der Waals surface area (Å²) in [5.74, 6) is 0.200. The lowest BCUT2D eigenvalue weighted by molar-refractivity contribution is 0.0950. The molecule has 4 heteroatoms. The molecule has 1 aliphatic carbocycles. The zero-order valence-electron chi connectivity index (χ0n) is 9.45. The van der Waals surface area contributed by atoms with Gasteiger partial charge in [0, 0.05) is 4.47 Å². The highest BCUT2D eigenvalue weighted by molar-refractivity contribution is 9.10. The first-order valence-electron chi connectivity index (χ1n) is 5.69. The van der Waals surface area contributed by atoms with E-state index >= 15 is 0 Å². The molecule has 1 aromatic heterocycles. The van der Waals surface area contributed by atoms with Crippen LogP contribution in [0, 0.1) is 0 Å². The predicted molar refractivity (Wildman–Crippen MR) is 78.7 cm³/mol. The number of halogens is 2. The fourth-order valence-corrected chi connectivity index (χ4v) is 3.96. The van der Waals surface area contributed by atoms with E-state index in [0.717, 1.165) is 27.8 Å². The Morgan fingerprint density at radius 3 is 2.44 bits per heavy atom. The average Bonchev–Trinajstić information content (AvgIpc) is 3.13. The Hall–Kier alpha value is -0.640. The van der Waals surface area contributed by atoms with Gasteiger partial charge in [-0.3, -0.25) is 4.79 Å². The number of hydrogen-bond donors (Lipinski definition) is 0. The van der Waals surface area contributed by atoms with Crippen molar-refractivity contribution < 1.29 is 4.79 Å². The van der Waals surface area contributed by atoms with E-state index in [0.29, 0.717) is 4.34 Å². The van der Waals surface area contributed by atoms with Gasteiger partial charge in [-0.1, -0.05) is 41.9 Å². The molecular weight excluding hydrogens is 332 g/mol. The molecule has 0 aliphatic heterocycles. The molecule has 1 nitrogen and oxygen atoms in total. The normalized spacial score (nSPS) is 16.6. The molecule has 0 unspecified atom stereocenters. The molecule has 3 rings (SSSR count). The second-order valence-electron chi connectivity index (χ2n) is 4.51. The van der Waals surface area contributed by atoms with E-state index in [9.17, 15) is 4.79 Å². The van der Waals surface area contributed by atoms with Crippen LogP contribution in [0.25, 0.3) is 0 Å². The van der Waals surface area contributed by atoms with Crippen molar-refractivity contribution in [3.05, 3.63) is 55.6 Å². The lowest BCUT2D eigenvalue weighted by Gasteiger charge is -2.12. The third kappa shape index (κ3) is 1.94. The zero-order valence-corrected chi connectivity index (χ0v) is 12.6. The molecule has 0 bridgehead atoms. The second kappa shape index (κ2) is 4.48. The highest BCUT2D eigenvalue weighted by Gasteiger charge is 2.51. The van der Waals surface area contributed by atoms with Crippen molar-refractivity contribution in [1.82, 2.24) is 0 Å². The molecule has 2 aromatic rings. The van der Waals surface area contributed by atoms with Crippen molar-refractivity contribution in [2.75, 3.05) is 0 Å². The minimum atomic E-state index is -0.297. The van der Waals surface area contributed by atoms with Gasteiger partial charge in [0.15, 0.2) is 5.78 Å². The zero-order chi connectivity index (χ0) is 12.8. The summed E-state index contributed by atoms with van der Waals surface area (Å²) in [5.41, 5.74) is 0.824. The summed E-state index contributed by atoms with van der Waals surface area (Å²) in [6, 6.07) is 11.9. The quantitative estimate of drug-likeness (QED) is 0.712. The number of carbonyl (C=O) groups is 1. The second-order valence-corrected chi connectivity index (χ2v) is 7.02. The van der Waals surface area contributed by atoms with Gasteiger partial charge in [0.2, 0.25) is 0 Å². The molecule has 92 valence electrons. The van der Waals surface area contributed by atoms with Crippen LogP contribution in [0.15, 0.2) is 40.9 Å². The topological polar surface area (TPSA) is 17.1 Å². The summed E-state index contributed by atoms with van der Waals surface area (Å²) in [6.07, 6.45) is 1.87. The van der Waals surface area contributed by atoms with Gasteiger partial charge in [0.1, 0.15) is 4.34 Å². The average molecular weight is 342 g/mol. The van der Waals surface area contributed by atoms with E-state index in [1.165, 1.54) is 11.3 Å². The first-order chi connectivity index (χ1) is 8.63. The monoisotopic (exact) mass is 340 g/mol. The standard InChI is InChI=1S/C14H10BrClOS/c15-10-8-11(18-13(10)16)12(17)14(6-7-14)9-4-2-1-3-5-9/h1-5,8H,6-7H2. The number of benzene rings is 1. The van der Waals surface area contributed by atoms with Crippen LogP contribution in [0.3, 0.4) is 0 Å². The summed E-state index contributed by atoms with van der Waals surface area (Å²) < 4.78 is 1.45. The maximum Gasteiger partial charge on any atom is 0.183 e. The molecule has 1 saturated carbocycles. The third-order valence-electron chi connectivity index (χ3n) is 3.38. The van der Waals surface area contributed by atoms with E-state index in [2.05, 4.69) is 15.9 Å². The van der Waals surface area contributed by atoms with Crippen molar-refractivity contribution in [1.29, 1.82) is 0 Å². The van der Waals surface area contributed by atoms with E-state index in [4.69, 9.17) is 11.6 Å². The van der Waals surface area contributed by atoms with Crippen LogP contribution in [0.4, 0.5) is 0 Å². The van der Waals surface area contributed by atoms with Crippen LogP contribution in [0.1, 0.15) is 28.1 Å². The molecule has 1 fully saturated rings. The van der Waals surface area contributed by atoms with Gasteiger partial charge < -0.3 is 0 Å². The Labute approximate surface area is 123 Å². The Bertz CT molecular complexity index is 582. The Balaban J connectivity index is 1.98. The van der Waals surface area contributed by atoms with Crippen molar-refractivity contribution >= 4 is 44.7 Å². The number of ketones is 1. The van der Waals surface area contributed by atoms with E-state index < -0.39 is 0 Å². The number of thiophene rings is 1. The van der Waals surface area contributed by atoms with Crippen LogP contribution in [0.5, 0.6) is 0 Å². The predicted octanol–water partition coefficient (Wildman–Crippen LogP) is 5.08. The van der Waals surface area contributed by atoms with Crippen LogP contribution < -0.4 is 0 Å². The van der Waals surface area contributed by atoms with Gasteiger partial charge in [0.25, 0.3) is 0 Å². The van der Waals surface area contributed by atoms with Crippen molar-refractivity contribution in [2.24, 2.45) is 0 Å². The Kier molecular flexibility index (Phi) is 3.08. The van der Waals surface area contributed by atoms with Crippen molar-refractivity contribution in [3.8, 4) is 0 Å². The first kappa shape index (κ1) is 12.4. The maximum absolute atomic E-state index is 12.6. The SMILES string of the molecule is O=C(c1cc(Br)c(Cl)s1)C1(c2ccccc2)CC1. The fraction of sp³-hybridized carbons (Fsp3) is 0.214. The van der Waals surface area contributed by atoms with Crippen LogP contribution in [0.2, 0.25) is 4.34 Å². The van der Waals surface area contributed by atoms with Crippen LogP contribution in [-0.4, -0.2) is 5.78 Å². The third-order valence-corrected chi connectivity index (χ3v) is 5.85. The maximum atomic E-state index is 12.6. The fourth-order valence-electron chi connectivity index (χ4n) is 2.22. The summed E-state index contributed by atoms with van der Waals surface area (Å²) in [6.45, 7) is 0. The minimum absolute atomic E-state index is 0.200. The number of rotatable bonds is 3. The molecule has 18 heavy (non-hydrogen) atoms. The highest BCUT2D eigenvalue weighted by atomic mass is 79.9. The van der Waals surface area contributed by atoms with Gasteiger partial charge in [-0.25, -0.2) is 0 Å². The van der Waals surface area contributed by atoms with Gasteiger partial charge in [0.05, 0.1) is 10.3 Å². The summed E-state index contributed by atoms with van der Waals surface area (Å²) >= 11 is 10.7. The number of hydrogen-bond acceptors (Lipinski definition) is 2. The van der Waals surface area contributed by atoms with Gasteiger partial charge in [-0.15, -0.1) is 11.3 Å². The van der Waals surface area contributed by atoms with E-state index in [1.807, 2.05) is 36.4 Å². The van der Waals surface area contributed by atoms with E-state index in [-0.39, 0.29) is 11.2 Å². The van der Waals surface area contributed by atoms with Crippen LogP contribution in [-0.2, 0) is 5.41 Å². The summed E-state index contributed by atoms with van der Waals surface area (Å²) in [4.78, 5) is 13.4. The number of carbonyl (C=O) groups excluding carboxylic acids is 1. The van der Waals surface area contributed by atoms with Crippen LogP contribution >= 0.6 is 38.9 Å². The smallest absolute Gasteiger partial charge is 0.183 e. The molecule has 0 radical (unpaired) electrons. The lowest BCUT2D eigenvalue weighted by atomic mass is 9.90. The van der Waals surface area contributed by atoms with E-state index in [1.54, 1.807) is 0 Å². The largest absolute Gasteiger partial charge is 0.292 e. The minimum Gasteiger partial charge on any atom is -0.292 e. The Morgan fingerprint density at radius 1 is 1.28 bits per heavy atom. The number of Topliss-reactive ketones (excluding diaryl/α,β-unsaturated/α-hetero) is 1. The Morgan fingerprint density at radius 2 is 1.94 bits per heavy atom. The van der Waals surface area contributed by atoms with Gasteiger partial charge >= 0.3 is 0 Å². The first-order valence-corrected chi connectivity index (χ1v) is 7.67. The van der Waals surface area contributed by atoms with Crippen molar-refractivity contribution in [2.45, 2.75) is 18.3 Å². The molecule has 0 spiro atoms.